The fourth-order valence-electron chi connectivity index (χ4n) is 3.36. The summed E-state index contributed by atoms with van der Waals surface area (Å²) >= 11 is 6.23. The first-order valence-electron chi connectivity index (χ1n) is 7.85. The van der Waals surface area contributed by atoms with Crippen molar-refractivity contribution in [1.29, 1.82) is 0 Å². The van der Waals surface area contributed by atoms with Gasteiger partial charge in [-0.2, -0.15) is 0 Å². The lowest BCUT2D eigenvalue weighted by Gasteiger charge is -2.28. The van der Waals surface area contributed by atoms with Crippen molar-refractivity contribution in [2.45, 2.75) is 38.0 Å². The number of benzene rings is 2. The number of nitrogens with one attached hydrogen (secondary N) is 1. The zero-order valence-electron chi connectivity index (χ0n) is 13.0. The van der Waals surface area contributed by atoms with Gasteiger partial charge in [0, 0.05) is 0 Å². The summed E-state index contributed by atoms with van der Waals surface area (Å²) in [6.07, 6.45) is 3.53. The van der Waals surface area contributed by atoms with Gasteiger partial charge < -0.3 is 5.32 Å². The van der Waals surface area contributed by atoms with Crippen molar-refractivity contribution in [2.75, 3.05) is 5.32 Å². The number of anilines is 1. The van der Waals surface area contributed by atoms with Crippen molar-refractivity contribution in [3.05, 3.63) is 64.4 Å². The van der Waals surface area contributed by atoms with Crippen molar-refractivity contribution in [2.24, 2.45) is 0 Å². The van der Waals surface area contributed by atoms with Crippen LogP contribution in [0.15, 0.2) is 42.5 Å². The molecule has 120 valence electrons. The van der Waals surface area contributed by atoms with E-state index in [2.05, 4.69) is 5.32 Å². The second-order valence-corrected chi connectivity index (χ2v) is 6.64. The Labute approximate surface area is 140 Å². The topological polar surface area (TPSA) is 29.1 Å². The van der Waals surface area contributed by atoms with Crippen molar-refractivity contribution in [1.82, 2.24) is 0 Å². The summed E-state index contributed by atoms with van der Waals surface area (Å²) in [5.74, 6) is -0.351. The van der Waals surface area contributed by atoms with Gasteiger partial charge in [-0.1, -0.05) is 42.6 Å². The van der Waals surface area contributed by atoms with E-state index in [0.29, 0.717) is 10.7 Å². The van der Waals surface area contributed by atoms with Crippen molar-refractivity contribution >= 4 is 23.2 Å². The van der Waals surface area contributed by atoms with E-state index in [-0.39, 0.29) is 11.7 Å². The molecule has 0 unspecified atom stereocenters. The monoisotopic (exact) mass is 331 g/mol. The number of aryl methyl sites for hydroxylation is 1. The van der Waals surface area contributed by atoms with Crippen molar-refractivity contribution in [3.63, 3.8) is 0 Å². The number of hydrogen-bond donors (Lipinski definition) is 1. The van der Waals surface area contributed by atoms with Crippen LogP contribution >= 0.6 is 11.6 Å². The molecule has 0 atom stereocenters. The summed E-state index contributed by atoms with van der Waals surface area (Å²) in [5, 5.41) is 3.50. The largest absolute Gasteiger partial charge is 0.324 e. The lowest BCUT2D eigenvalue weighted by molar-refractivity contribution is -0.121. The Balaban J connectivity index is 1.91. The molecule has 2 aromatic rings. The second kappa shape index (κ2) is 6.32. The summed E-state index contributed by atoms with van der Waals surface area (Å²) in [4.78, 5) is 13.0. The third kappa shape index (κ3) is 3.11. The molecule has 2 nitrogen and oxygen atoms in total. The molecule has 1 saturated carbocycles. The van der Waals surface area contributed by atoms with Crippen LogP contribution in [0.5, 0.6) is 0 Å². The normalized spacial score (nSPS) is 16.3. The minimum Gasteiger partial charge on any atom is -0.324 e. The number of amides is 1. The van der Waals surface area contributed by atoms with Crippen molar-refractivity contribution < 1.29 is 9.18 Å². The summed E-state index contributed by atoms with van der Waals surface area (Å²) in [6.45, 7) is 1.95. The Hall–Kier alpha value is -1.87. The molecule has 1 aliphatic carbocycles. The summed E-state index contributed by atoms with van der Waals surface area (Å²) in [7, 11) is 0. The van der Waals surface area contributed by atoms with Gasteiger partial charge in [0.1, 0.15) is 5.82 Å². The predicted molar refractivity (Wildman–Crippen MR) is 91.4 cm³/mol. The van der Waals surface area contributed by atoms with Crippen LogP contribution in [0.3, 0.4) is 0 Å². The highest BCUT2D eigenvalue weighted by atomic mass is 35.5. The Bertz CT molecular complexity index is 721. The molecule has 0 aliphatic heterocycles. The fourth-order valence-corrected chi connectivity index (χ4v) is 3.64. The molecular formula is C19H19ClFNO. The average molecular weight is 332 g/mol. The molecule has 0 saturated heterocycles. The van der Waals surface area contributed by atoms with Crippen LogP contribution in [0.4, 0.5) is 10.1 Å². The fraction of sp³-hybridized carbons (Fsp3) is 0.316. The van der Waals surface area contributed by atoms with Crippen LogP contribution in [-0.4, -0.2) is 5.91 Å². The highest BCUT2D eigenvalue weighted by molar-refractivity contribution is 6.33. The maximum absolute atomic E-state index is 13.2. The average Bonchev–Trinajstić information content (AvgIpc) is 3.01. The van der Waals surface area contributed by atoms with E-state index >= 15 is 0 Å². The molecule has 23 heavy (non-hydrogen) atoms. The van der Waals surface area contributed by atoms with E-state index in [9.17, 15) is 9.18 Å². The van der Waals surface area contributed by atoms with Gasteiger partial charge in [0.15, 0.2) is 0 Å². The minimum absolute atomic E-state index is 0.0626. The predicted octanol–water partition coefficient (Wildman–Crippen LogP) is 5.24. The molecule has 0 spiro atoms. The Morgan fingerprint density at radius 1 is 1.13 bits per heavy atom. The first-order chi connectivity index (χ1) is 11.0. The van der Waals surface area contributed by atoms with E-state index in [1.807, 2.05) is 25.1 Å². The van der Waals surface area contributed by atoms with E-state index in [1.54, 1.807) is 12.1 Å². The number of halogens is 2. The molecule has 0 bridgehead atoms. The molecule has 0 radical (unpaired) electrons. The molecule has 0 heterocycles. The van der Waals surface area contributed by atoms with Gasteiger partial charge in [0.2, 0.25) is 5.91 Å². The number of rotatable bonds is 3. The second-order valence-electron chi connectivity index (χ2n) is 6.23. The Morgan fingerprint density at radius 2 is 1.78 bits per heavy atom. The van der Waals surface area contributed by atoms with Gasteiger partial charge in [0.05, 0.1) is 16.1 Å². The third-order valence-electron chi connectivity index (χ3n) is 4.66. The molecule has 1 aliphatic rings. The van der Waals surface area contributed by atoms with Crippen LogP contribution < -0.4 is 5.32 Å². The zero-order chi connectivity index (χ0) is 16.4. The van der Waals surface area contributed by atoms with E-state index < -0.39 is 5.41 Å². The number of hydrogen-bond acceptors (Lipinski definition) is 1. The summed E-state index contributed by atoms with van der Waals surface area (Å²) in [6, 6.07) is 11.8. The van der Waals surface area contributed by atoms with Crippen LogP contribution in [0, 0.1) is 12.7 Å². The zero-order valence-corrected chi connectivity index (χ0v) is 13.8. The van der Waals surface area contributed by atoms with Crippen LogP contribution in [0.2, 0.25) is 5.02 Å². The van der Waals surface area contributed by atoms with E-state index in [1.165, 1.54) is 12.1 Å². The standard InChI is InChI=1S/C19H19ClFNO/c1-13-4-9-17(16(20)12-13)22-18(23)19(10-2-3-11-19)14-5-7-15(21)8-6-14/h4-9,12H,2-3,10-11H2,1H3,(H,22,23). The van der Waals surface area contributed by atoms with Gasteiger partial charge in [-0.3, -0.25) is 4.79 Å². The third-order valence-corrected chi connectivity index (χ3v) is 4.97. The van der Waals surface area contributed by atoms with Gasteiger partial charge in [-0.05, 0) is 55.2 Å². The SMILES string of the molecule is Cc1ccc(NC(=O)C2(c3ccc(F)cc3)CCCC2)c(Cl)c1. The smallest absolute Gasteiger partial charge is 0.235 e. The van der Waals surface area contributed by atoms with Crippen LogP contribution in [0.1, 0.15) is 36.8 Å². The first kappa shape index (κ1) is 16.0. The van der Waals surface area contributed by atoms with Gasteiger partial charge in [-0.15, -0.1) is 0 Å². The Morgan fingerprint density at radius 3 is 2.39 bits per heavy atom. The quantitative estimate of drug-likeness (QED) is 0.819. The summed E-state index contributed by atoms with van der Waals surface area (Å²) in [5.41, 5.74) is 1.94. The minimum atomic E-state index is -0.595. The molecule has 1 amide bonds. The van der Waals surface area contributed by atoms with Crippen molar-refractivity contribution in [3.8, 4) is 0 Å². The summed E-state index contributed by atoms with van der Waals surface area (Å²) < 4.78 is 13.2. The maximum Gasteiger partial charge on any atom is 0.235 e. The maximum atomic E-state index is 13.2. The number of carbonyl (C=O) groups excluding carboxylic acids is 1. The molecule has 4 heteroatoms. The first-order valence-corrected chi connectivity index (χ1v) is 8.23. The van der Waals surface area contributed by atoms with Gasteiger partial charge in [0.25, 0.3) is 0 Å². The molecule has 2 aromatic carbocycles. The Kier molecular flexibility index (Phi) is 4.40. The highest BCUT2D eigenvalue weighted by Gasteiger charge is 2.42. The molecule has 1 N–H and O–H groups in total. The molecule has 3 rings (SSSR count). The van der Waals surface area contributed by atoms with Crippen LogP contribution in [-0.2, 0) is 10.2 Å². The van der Waals surface area contributed by atoms with Gasteiger partial charge in [-0.25, -0.2) is 4.39 Å². The highest BCUT2D eigenvalue weighted by Crippen LogP contribution is 2.42. The van der Waals surface area contributed by atoms with Gasteiger partial charge >= 0.3 is 0 Å². The lowest BCUT2D eigenvalue weighted by atomic mass is 9.78. The lowest BCUT2D eigenvalue weighted by Crippen LogP contribution is -2.38. The van der Waals surface area contributed by atoms with E-state index in [4.69, 9.17) is 11.6 Å². The number of carbonyl (C=O) groups is 1. The molecular weight excluding hydrogens is 313 g/mol. The molecule has 1 fully saturated rings. The van der Waals surface area contributed by atoms with Crippen LogP contribution in [0.25, 0.3) is 0 Å². The van der Waals surface area contributed by atoms with E-state index in [0.717, 1.165) is 36.8 Å². The molecule has 0 aromatic heterocycles.